The summed E-state index contributed by atoms with van der Waals surface area (Å²) in [7, 11) is 0. The Kier molecular flexibility index (Phi) is 4.95. The first-order valence-corrected chi connectivity index (χ1v) is 8.62. The van der Waals surface area contributed by atoms with E-state index in [-0.39, 0.29) is 11.8 Å². The zero-order valence-corrected chi connectivity index (χ0v) is 14.7. The molecular formula is C18H18N4O2S. The Morgan fingerprint density at radius 1 is 1.12 bits per heavy atom. The Labute approximate surface area is 149 Å². The monoisotopic (exact) mass is 354 g/mol. The Balaban J connectivity index is 1.67. The van der Waals surface area contributed by atoms with Gasteiger partial charge in [0.1, 0.15) is 6.04 Å². The van der Waals surface area contributed by atoms with Gasteiger partial charge < -0.3 is 10.6 Å². The average Bonchev–Trinajstić information content (AvgIpc) is 3.26. The minimum atomic E-state index is -0.428. The quantitative estimate of drug-likeness (QED) is 0.733. The van der Waals surface area contributed by atoms with Gasteiger partial charge in [-0.15, -0.1) is 11.3 Å². The third kappa shape index (κ3) is 4.13. The highest BCUT2D eigenvalue weighted by Crippen LogP contribution is 2.20. The number of nitrogens with zero attached hydrogens (tertiary/aromatic N) is 2. The lowest BCUT2D eigenvalue weighted by Crippen LogP contribution is -2.24. The normalized spacial score (nSPS) is 11.8. The minimum absolute atomic E-state index is 0.161. The van der Waals surface area contributed by atoms with E-state index in [4.69, 9.17) is 0 Å². The molecule has 128 valence electrons. The molecule has 0 aliphatic rings. The number of aryl methyl sites for hydroxylation is 1. The summed E-state index contributed by atoms with van der Waals surface area (Å²) >= 11 is 1.44. The zero-order valence-electron chi connectivity index (χ0n) is 13.9. The van der Waals surface area contributed by atoms with Gasteiger partial charge in [0, 0.05) is 28.6 Å². The molecule has 3 rings (SSSR count). The molecule has 7 heteroatoms. The molecule has 0 saturated carbocycles. The summed E-state index contributed by atoms with van der Waals surface area (Å²) in [5.74, 6) is -0.340. The predicted molar refractivity (Wildman–Crippen MR) is 99.0 cm³/mol. The van der Waals surface area contributed by atoms with E-state index in [1.54, 1.807) is 60.4 Å². The number of anilines is 2. The number of carbonyl (C=O) groups is 2. The smallest absolute Gasteiger partial charge is 0.265 e. The fourth-order valence-corrected chi connectivity index (χ4v) is 3.06. The van der Waals surface area contributed by atoms with Crippen molar-refractivity contribution in [3.63, 3.8) is 0 Å². The highest BCUT2D eigenvalue weighted by molar-refractivity contribution is 7.14. The molecule has 0 aliphatic carbocycles. The number of rotatable bonds is 5. The predicted octanol–water partition coefficient (Wildman–Crippen LogP) is 3.71. The van der Waals surface area contributed by atoms with Crippen LogP contribution in [0.3, 0.4) is 0 Å². The van der Waals surface area contributed by atoms with Gasteiger partial charge in [-0.3, -0.25) is 14.3 Å². The Morgan fingerprint density at radius 3 is 2.52 bits per heavy atom. The summed E-state index contributed by atoms with van der Waals surface area (Å²) in [5.41, 5.74) is 1.24. The molecular weight excluding hydrogens is 336 g/mol. The summed E-state index contributed by atoms with van der Waals surface area (Å²) in [6, 6.07) is 12.1. The molecule has 2 N–H and O–H groups in total. The number of benzene rings is 1. The third-order valence-electron chi connectivity index (χ3n) is 3.65. The highest BCUT2D eigenvalue weighted by atomic mass is 32.1. The molecule has 1 atom stereocenters. The van der Waals surface area contributed by atoms with Crippen molar-refractivity contribution >= 4 is 34.5 Å². The van der Waals surface area contributed by atoms with E-state index in [9.17, 15) is 9.59 Å². The number of hydrogen-bond donors (Lipinski definition) is 2. The molecule has 0 spiro atoms. The molecule has 0 saturated heterocycles. The van der Waals surface area contributed by atoms with Gasteiger partial charge in [-0.25, -0.2) is 0 Å². The second-order valence-electron chi connectivity index (χ2n) is 5.60. The van der Waals surface area contributed by atoms with E-state index in [0.717, 1.165) is 4.88 Å². The second-order valence-corrected chi connectivity index (χ2v) is 6.88. The van der Waals surface area contributed by atoms with Crippen LogP contribution >= 0.6 is 11.3 Å². The van der Waals surface area contributed by atoms with Gasteiger partial charge >= 0.3 is 0 Å². The molecule has 1 unspecified atom stereocenters. The number of hydrogen-bond acceptors (Lipinski definition) is 4. The van der Waals surface area contributed by atoms with Gasteiger partial charge in [0.15, 0.2) is 0 Å². The Bertz CT molecular complexity index is 886. The zero-order chi connectivity index (χ0) is 17.8. The van der Waals surface area contributed by atoms with Crippen LogP contribution in [-0.4, -0.2) is 21.6 Å². The van der Waals surface area contributed by atoms with Crippen molar-refractivity contribution in [2.75, 3.05) is 10.6 Å². The number of carbonyl (C=O) groups excluding carboxylic acids is 2. The average molecular weight is 354 g/mol. The van der Waals surface area contributed by atoms with Crippen LogP contribution in [0.4, 0.5) is 11.4 Å². The van der Waals surface area contributed by atoms with Crippen molar-refractivity contribution < 1.29 is 9.59 Å². The lowest BCUT2D eigenvalue weighted by atomic mass is 10.2. The molecule has 25 heavy (non-hydrogen) atoms. The number of amides is 2. The maximum Gasteiger partial charge on any atom is 0.265 e. The minimum Gasteiger partial charge on any atom is -0.324 e. The summed E-state index contributed by atoms with van der Waals surface area (Å²) in [6.07, 6.45) is 3.37. The van der Waals surface area contributed by atoms with Crippen molar-refractivity contribution in [2.45, 2.75) is 19.9 Å². The van der Waals surface area contributed by atoms with Crippen molar-refractivity contribution in [1.82, 2.24) is 9.78 Å². The molecule has 0 bridgehead atoms. The molecule has 2 heterocycles. The SMILES string of the molecule is Cc1ccc(C(=O)Nc2cccc(NC(=O)C(C)n3cccn3)c2)s1. The first-order valence-electron chi connectivity index (χ1n) is 7.81. The fraction of sp³-hybridized carbons (Fsp3) is 0.167. The first-order chi connectivity index (χ1) is 12.0. The van der Waals surface area contributed by atoms with E-state index in [1.807, 2.05) is 13.0 Å². The van der Waals surface area contributed by atoms with Gasteiger partial charge in [0.2, 0.25) is 5.91 Å². The molecule has 6 nitrogen and oxygen atoms in total. The molecule has 2 aromatic heterocycles. The lowest BCUT2D eigenvalue weighted by Gasteiger charge is -2.13. The molecule has 0 radical (unpaired) electrons. The van der Waals surface area contributed by atoms with Gasteiger partial charge in [-0.1, -0.05) is 6.07 Å². The van der Waals surface area contributed by atoms with Gasteiger partial charge in [-0.05, 0) is 50.2 Å². The molecule has 0 fully saturated rings. The van der Waals surface area contributed by atoms with Crippen LogP contribution in [0.1, 0.15) is 27.5 Å². The van der Waals surface area contributed by atoms with Crippen LogP contribution in [0.2, 0.25) is 0 Å². The third-order valence-corrected chi connectivity index (χ3v) is 4.65. The summed E-state index contributed by atoms with van der Waals surface area (Å²) in [4.78, 5) is 26.3. The van der Waals surface area contributed by atoms with Crippen LogP contribution < -0.4 is 10.6 Å². The fourth-order valence-electron chi connectivity index (χ4n) is 2.30. The summed E-state index contributed by atoms with van der Waals surface area (Å²) in [6.45, 7) is 3.73. The van der Waals surface area contributed by atoms with E-state index in [2.05, 4.69) is 15.7 Å². The van der Waals surface area contributed by atoms with Crippen molar-refractivity contribution in [2.24, 2.45) is 0 Å². The van der Waals surface area contributed by atoms with E-state index in [0.29, 0.717) is 16.3 Å². The first kappa shape index (κ1) is 16.9. The van der Waals surface area contributed by atoms with Crippen molar-refractivity contribution in [3.05, 3.63) is 64.6 Å². The standard InChI is InChI=1S/C18H18N4O2S/c1-12-7-8-16(25-12)18(24)21-15-6-3-5-14(11-15)20-17(23)13(2)22-10-4-9-19-22/h3-11,13H,1-2H3,(H,20,23)(H,21,24). The molecule has 1 aromatic carbocycles. The molecule has 3 aromatic rings. The largest absolute Gasteiger partial charge is 0.324 e. The second kappa shape index (κ2) is 7.31. The van der Waals surface area contributed by atoms with Gasteiger partial charge in [0.25, 0.3) is 5.91 Å². The van der Waals surface area contributed by atoms with Crippen LogP contribution in [-0.2, 0) is 4.79 Å². The van der Waals surface area contributed by atoms with Crippen molar-refractivity contribution in [1.29, 1.82) is 0 Å². The maximum absolute atomic E-state index is 12.3. The summed E-state index contributed by atoms with van der Waals surface area (Å²) < 4.78 is 1.58. The van der Waals surface area contributed by atoms with E-state index in [1.165, 1.54) is 11.3 Å². The van der Waals surface area contributed by atoms with Crippen LogP contribution in [0.5, 0.6) is 0 Å². The Morgan fingerprint density at radius 2 is 1.88 bits per heavy atom. The van der Waals surface area contributed by atoms with Crippen LogP contribution in [0.15, 0.2) is 54.9 Å². The molecule has 2 amide bonds. The van der Waals surface area contributed by atoms with E-state index >= 15 is 0 Å². The number of thiophene rings is 1. The molecule has 0 aliphatic heterocycles. The number of aromatic nitrogens is 2. The Hall–Kier alpha value is -2.93. The van der Waals surface area contributed by atoms with Crippen LogP contribution in [0, 0.1) is 6.92 Å². The van der Waals surface area contributed by atoms with Crippen molar-refractivity contribution in [3.8, 4) is 0 Å². The van der Waals surface area contributed by atoms with E-state index < -0.39 is 6.04 Å². The topological polar surface area (TPSA) is 76.0 Å². The lowest BCUT2D eigenvalue weighted by molar-refractivity contribution is -0.119. The highest BCUT2D eigenvalue weighted by Gasteiger charge is 2.15. The van der Waals surface area contributed by atoms with Crippen LogP contribution in [0.25, 0.3) is 0 Å². The summed E-state index contributed by atoms with van der Waals surface area (Å²) in [5, 5.41) is 9.75. The number of nitrogens with one attached hydrogen (secondary N) is 2. The van der Waals surface area contributed by atoms with Gasteiger partial charge in [-0.2, -0.15) is 5.10 Å². The maximum atomic E-state index is 12.3. The van der Waals surface area contributed by atoms with Gasteiger partial charge in [0.05, 0.1) is 4.88 Å².